The molecule has 0 radical (unpaired) electrons. The van der Waals surface area contributed by atoms with Crippen molar-refractivity contribution in [3.63, 3.8) is 0 Å². The van der Waals surface area contributed by atoms with Gasteiger partial charge in [-0.15, -0.1) is 10.2 Å². The van der Waals surface area contributed by atoms with Gasteiger partial charge in [0.2, 0.25) is 0 Å². The quantitative estimate of drug-likeness (QED) is 0.394. The van der Waals surface area contributed by atoms with Crippen molar-refractivity contribution in [1.82, 2.24) is 20.1 Å². The second-order valence-corrected chi connectivity index (χ2v) is 7.94. The van der Waals surface area contributed by atoms with Crippen molar-refractivity contribution in [2.75, 3.05) is 26.0 Å². The molecule has 29 heavy (non-hydrogen) atoms. The molecule has 1 heterocycles. The van der Waals surface area contributed by atoms with E-state index in [1.165, 1.54) is 0 Å². The number of benzene rings is 1. The highest BCUT2D eigenvalue weighted by atomic mass is 32.2. The topological polar surface area (TPSA) is 78.3 Å². The van der Waals surface area contributed by atoms with E-state index < -0.39 is 0 Å². The second-order valence-electron chi connectivity index (χ2n) is 7.17. The molecule has 0 fully saturated rings. The van der Waals surface area contributed by atoms with Gasteiger partial charge in [0.1, 0.15) is 17.3 Å². The molecule has 0 spiro atoms. The molecule has 2 aromatic rings. The summed E-state index contributed by atoms with van der Waals surface area (Å²) in [5, 5.41) is 12.4. The van der Waals surface area contributed by atoms with E-state index in [4.69, 9.17) is 9.47 Å². The van der Waals surface area contributed by atoms with Gasteiger partial charge in [-0.1, -0.05) is 32.5 Å². The Balaban J connectivity index is 1.69. The molecule has 7 nitrogen and oxygen atoms in total. The van der Waals surface area contributed by atoms with Crippen LogP contribution in [0.15, 0.2) is 29.4 Å². The number of aryl methyl sites for hydroxylation is 1. The SMILES string of the molecule is CCCOc1ccc(OCC(=O)NCCCc2nnc(SC)n2CC(C)C)cc1. The van der Waals surface area contributed by atoms with Gasteiger partial charge in [0.15, 0.2) is 11.8 Å². The van der Waals surface area contributed by atoms with E-state index in [1.807, 2.05) is 30.5 Å². The van der Waals surface area contributed by atoms with Gasteiger partial charge >= 0.3 is 0 Å². The number of thioether (sulfide) groups is 1. The summed E-state index contributed by atoms with van der Waals surface area (Å²) >= 11 is 1.61. The zero-order chi connectivity index (χ0) is 21.1. The minimum atomic E-state index is -0.134. The summed E-state index contributed by atoms with van der Waals surface area (Å²) in [6, 6.07) is 7.31. The minimum Gasteiger partial charge on any atom is -0.494 e. The Morgan fingerprint density at radius 2 is 1.86 bits per heavy atom. The number of nitrogens with one attached hydrogen (secondary N) is 1. The second kappa shape index (κ2) is 12.4. The van der Waals surface area contributed by atoms with Crippen molar-refractivity contribution >= 4 is 17.7 Å². The maximum absolute atomic E-state index is 12.0. The number of ether oxygens (including phenoxy) is 2. The summed E-state index contributed by atoms with van der Waals surface area (Å²) in [7, 11) is 0. The summed E-state index contributed by atoms with van der Waals surface area (Å²) < 4.78 is 13.2. The smallest absolute Gasteiger partial charge is 0.257 e. The zero-order valence-corrected chi connectivity index (χ0v) is 18.6. The molecule has 0 saturated heterocycles. The fraction of sp³-hybridized carbons (Fsp3) is 0.571. The van der Waals surface area contributed by atoms with Crippen LogP contribution in [-0.4, -0.2) is 46.7 Å². The van der Waals surface area contributed by atoms with Crippen LogP contribution in [0.4, 0.5) is 0 Å². The number of amides is 1. The molecule has 1 amide bonds. The van der Waals surface area contributed by atoms with Crippen LogP contribution in [0, 0.1) is 5.92 Å². The third kappa shape index (κ3) is 7.97. The van der Waals surface area contributed by atoms with Crippen molar-refractivity contribution in [2.45, 2.75) is 51.7 Å². The maximum atomic E-state index is 12.0. The first-order valence-corrected chi connectivity index (χ1v) is 11.3. The average Bonchev–Trinajstić information content (AvgIpc) is 3.09. The summed E-state index contributed by atoms with van der Waals surface area (Å²) in [5.41, 5.74) is 0. The molecule has 0 atom stereocenters. The van der Waals surface area contributed by atoms with E-state index in [0.29, 0.717) is 24.8 Å². The third-order valence-electron chi connectivity index (χ3n) is 4.09. The van der Waals surface area contributed by atoms with E-state index in [1.54, 1.807) is 11.8 Å². The van der Waals surface area contributed by atoms with Gasteiger partial charge in [-0.3, -0.25) is 4.79 Å². The molecule has 0 saturated carbocycles. The molecule has 0 bridgehead atoms. The first-order chi connectivity index (χ1) is 14.0. The highest BCUT2D eigenvalue weighted by molar-refractivity contribution is 7.98. The van der Waals surface area contributed by atoms with Crippen LogP contribution in [0.1, 0.15) is 39.4 Å². The first kappa shape index (κ1) is 23.1. The molecule has 0 aliphatic heterocycles. The summed E-state index contributed by atoms with van der Waals surface area (Å²) in [6.45, 7) is 8.59. The van der Waals surface area contributed by atoms with Gasteiger partial charge in [0.25, 0.3) is 5.91 Å². The molecule has 1 N–H and O–H groups in total. The number of rotatable bonds is 13. The fourth-order valence-electron chi connectivity index (χ4n) is 2.73. The van der Waals surface area contributed by atoms with Crippen LogP contribution in [0.5, 0.6) is 11.5 Å². The normalized spacial score (nSPS) is 10.9. The minimum absolute atomic E-state index is 0.00464. The van der Waals surface area contributed by atoms with Crippen molar-refractivity contribution in [3.05, 3.63) is 30.1 Å². The zero-order valence-electron chi connectivity index (χ0n) is 17.8. The van der Waals surface area contributed by atoms with E-state index in [0.717, 1.165) is 42.5 Å². The molecular weight excluding hydrogens is 388 g/mol. The molecule has 160 valence electrons. The predicted octanol–water partition coefficient (Wildman–Crippen LogP) is 3.57. The van der Waals surface area contributed by atoms with Crippen LogP contribution >= 0.6 is 11.8 Å². The van der Waals surface area contributed by atoms with E-state index in [-0.39, 0.29) is 12.5 Å². The Morgan fingerprint density at radius 3 is 2.48 bits per heavy atom. The van der Waals surface area contributed by atoms with Crippen molar-refractivity contribution in [3.8, 4) is 11.5 Å². The lowest BCUT2D eigenvalue weighted by Gasteiger charge is -2.12. The van der Waals surface area contributed by atoms with Gasteiger partial charge in [-0.25, -0.2) is 0 Å². The first-order valence-electron chi connectivity index (χ1n) is 10.1. The van der Waals surface area contributed by atoms with E-state index in [9.17, 15) is 4.79 Å². The van der Waals surface area contributed by atoms with E-state index in [2.05, 4.69) is 40.9 Å². The molecule has 1 aromatic carbocycles. The fourth-order valence-corrected chi connectivity index (χ4v) is 3.25. The molecule has 8 heteroatoms. The molecule has 1 aromatic heterocycles. The van der Waals surface area contributed by atoms with Gasteiger partial charge in [-0.2, -0.15) is 0 Å². The van der Waals surface area contributed by atoms with Gasteiger partial charge in [-0.05, 0) is 49.3 Å². The standard InChI is InChI=1S/C21H32N4O3S/c1-5-13-27-17-8-10-18(11-9-17)28-15-20(26)22-12-6-7-19-23-24-21(29-4)25(19)14-16(2)3/h8-11,16H,5-7,12-15H2,1-4H3,(H,22,26). The Kier molecular flexibility index (Phi) is 9.83. The molecular formula is C21H32N4O3S. The number of nitrogens with zero attached hydrogens (tertiary/aromatic N) is 3. The monoisotopic (exact) mass is 420 g/mol. The number of carbonyl (C=O) groups excluding carboxylic acids is 1. The molecule has 0 unspecified atom stereocenters. The van der Waals surface area contributed by atoms with Crippen LogP contribution < -0.4 is 14.8 Å². The summed E-state index contributed by atoms with van der Waals surface area (Å²) in [6.07, 6.45) is 4.56. The Labute approximate surface area is 177 Å². The lowest BCUT2D eigenvalue weighted by Crippen LogP contribution is -2.30. The number of hydrogen-bond acceptors (Lipinski definition) is 6. The van der Waals surface area contributed by atoms with Crippen LogP contribution in [-0.2, 0) is 17.8 Å². The highest BCUT2D eigenvalue weighted by Crippen LogP contribution is 2.18. The van der Waals surface area contributed by atoms with Crippen LogP contribution in [0.25, 0.3) is 0 Å². The molecule has 2 rings (SSSR count). The van der Waals surface area contributed by atoms with Gasteiger partial charge in [0.05, 0.1) is 6.61 Å². The number of aromatic nitrogens is 3. The number of hydrogen-bond donors (Lipinski definition) is 1. The average molecular weight is 421 g/mol. The lowest BCUT2D eigenvalue weighted by molar-refractivity contribution is -0.123. The maximum Gasteiger partial charge on any atom is 0.257 e. The highest BCUT2D eigenvalue weighted by Gasteiger charge is 2.12. The lowest BCUT2D eigenvalue weighted by atomic mass is 10.2. The number of carbonyl (C=O) groups is 1. The van der Waals surface area contributed by atoms with Crippen molar-refractivity contribution in [2.24, 2.45) is 5.92 Å². The van der Waals surface area contributed by atoms with Crippen LogP contribution in [0.2, 0.25) is 0 Å². The molecule has 0 aliphatic carbocycles. The summed E-state index contributed by atoms with van der Waals surface area (Å²) in [4.78, 5) is 12.0. The Morgan fingerprint density at radius 1 is 1.17 bits per heavy atom. The largest absolute Gasteiger partial charge is 0.494 e. The Bertz CT molecular complexity index is 747. The van der Waals surface area contributed by atoms with Gasteiger partial charge < -0.3 is 19.4 Å². The third-order valence-corrected chi connectivity index (χ3v) is 4.76. The van der Waals surface area contributed by atoms with Gasteiger partial charge in [0, 0.05) is 19.5 Å². The predicted molar refractivity (Wildman–Crippen MR) is 116 cm³/mol. The molecule has 0 aliphatic rings. The Hall–Kier alpha value is -2.22. The van der Waals surface area contributed by atoms with E-state index >= 15 is 0 Å². The van der Waals surface area contributed by atoms with Crippen molar-refractivity contribution in [1.29, 1.82) is 0 Å². The summed E-state index contributed by atoms with van der Waals surface area (Å²) in [5.74, 6) is 2.82. The van der Waals surface area contributed by atoms with Crippen LogP contribution in [0.3, 0.4) is 0 Å². The van der Waals surface area contributed by atoms with Crippen molar-refractivity contribution < 1.29 is 14.3 Å².